The number of anilines is 1. The van der Waals surface area contributed by atoms with Crippen LogP contribution in [0.5, 0.6) is 5.88 Å². The molecule has 4 aromatic rings. The lowest BCUT2D eigenvalue weighted by molar-refractivity contribution is -0.0965. The average Bonchev–Trinajstić information content (AvgIpc) is 3.44. The first-order chi connectivity index (χ1) is 22.0. The van der Waals surface area contributed by atoms with Crippen LogP contribution in [-0.2, 0) is 0 Å². The number of carbonyl (C=O) groups excluding carboxylic acids is 1. The van der Waals surface area contributed by atoms with Crippen LogP contribution in [0.3, 0.4) is 0 Å². The van der Waals surface area contributed by atoms with Crippen molar-refractivity contribution in [2.75, 3.05) is 57.7 Å². The average molecular weight is 631 g/mol. The quantitative estimate of drug-likeness (QED) is 0.194. The molecule has 0 radical (unpaired) electrons. The number of β-amino-alcohol motifs (C(OH)–C–C–N with tert-alkyl or cyclic N) is 1. The largest absolute Gasteiger partial charge is 0.478 e. The number of nitrogens with zero attached hydrogens (tertiary/aromatic N) is 5. The molecule has 2 amide bonds. The van der Waals surface area contributed by atoms with E-state index in [0.29, 0.717) is 52.4 Å². The molecule has 4 N–H and O–H groups in total. The summed E-state index contributed by atoms with van der Waals surface area (Å²) in [6.07, 6.45) is 4.71. The Labute approximate surface area is 268 Å². The van der Waals surface area contributed by atoms with Crippen LogP contribution in [0.1, 0.15) is 39.2 Å². The molecule has 46 heavy (non-hydrogen) atoms. The zero-order chi connectivity index (χ0) is 32.5. The lowest BCUT2D eigenvalue weighted by Gasteiger charge is -2.48. The van der Waals surface area contributed by atoms with Gasteiger partial charge in [-0.3, -0.25) is 0 Å². The van der Waals surface area contributed by atoms with Gasteiger partial charge in [0.15, 0.2) is 0 Å². The molecule has 0 bridgehead atoms. The number of rotatable bonds is 9. The van der Waals surface area contributed by atoms with Crippen molar-refractivity contribution in [3.8, 4) is 28.4 Å². The fourth-order valence-electron chi connectivity index (χ4n) is 6.49. The number of piperazine rings is 1. The Kier molecular flexibility index (Phi) is 8.95. The van der Waals surface area contributed by atoms with E-state index in [-0.39, 0.29) is 24.5 Å². The number of aliphatic hydroxyl groups is 1. The standard InChI is InChI=1S/C34H43FN8O3/c1-22-25(14-24(35)15-27(22)41-32(44)43-19-34(45,20-43)18-33(2,3)4)30-26-16-28(40-31(26)39-21-38-30)23-6-7-29(37-17-23)46-13-5-10-42-11-8-36-9-12-42/h6-7,14-17,21,36,45H,5,8-13,18-20H2,1-4H3,(H,41,44)(H,38,39,40). The molecule has 0 aliphatic carbocycles. The summed E-state index contributed by atoms with van der Waals surface area (Å²) in [6, 6.07) is 8.06. The minimum absolute atomic E-state index is 0.0641. The van der Waals surface area contributed by atoms with Gasteiger partial charge in [0.05, 0.1) is 25.4 Å². The van der Waals surface area contributed by atoms with Gasteiger partial charge in [-0.2, -0.15) is 0 Å². The monoisotopic (exact) mass is 630 g/mol. The summed E-state index contributed by atoms with van der Waals surface area (Å²) >= 11 is 0. The van der Waals surface area contributed by atoms with Crippen molar-refractivity contribution in [1.29, 1.82) is 0 Å². The van der Waals surface area contributed by atoms with Crippen LogP contribution in [0, 0.1) is 18.2 Å². The third-order valence-electron chi connectivity index (χ3n) is 8.54. The Bertz CT molecular complexity index is 1690. The number of halogens is 1. The molecule has 0 spiro atoms. The molecule has 12 heteroatoms. The maximum Gasteiger partial charge on any atom is 0.322 e. The molecule has 2 aliphatic heterocycles. The molecule has 6 rings (SSSR count). The van der Waals surface area contributed by atoms with Crippen molar-refractivity contribution >= 4 is 22.8 Å². The predicted molar refractivity (Wildman–Crippen MR) is 176 cm³/mol. The van der Waals surface area contributed by atoms with E-state index in [1.807, 2.05) is 25.1 Å². The number of nitrogens with one attached hydrogen (secondary N) is 3. The smallest absolute Gasteiger partial charge is 0.322 e. The molecule has 0 unspecified atom stereocenters. The summed E-state index contributed by atoms with van der Waals surface area (Å²) in [5.41, 5.74) is 3.37. The zero-order valence-corrected chi connectivity index (χ0v) is 27.0. The van der Waals surface area contributed by atoms with E-state index in [1.165, 1.54) is 23.4 Å². The second kappa shape index (κ2) is 12.9. The van der Waals surface area contributed by atoms with Crippen LogP contribution in [0.15, 0.2) is 42.9 Å². The number of amides is 2. The van der Waals surface area contributed by atoms with Gasteiger partial charge in [-0.1, -0.05) is 20.8 Å². The number of H-pyrrole nitrogens is 1. The van der Waals surface area contributed by atoms with Crippen LogP contribution in [0.4, 0.5) is 14.9 Å². The summed E-state index contributed by atoms with van der Waals surface area (Å²) in [5, 5.41) is 17.7. The van der Waals surface area contributed by atoms with Gasteiger partial charge in [-0.25, -0.2) is 24.1 Å². The van der Waals surface area contributed by atoms with E-state index in [9.17, 15) is 14.3 Å². The Balaban J connectivity index is 1.15. The topological polar surface area (TPSA) is 132 Å². The maximum absolute atomic E-state index is 15.0. The van der Waals surface area contributed by atoms with Crippen LogP contribution in [0.25, 0.3) is 33.5 Å². The number of benzene rings is 1. The highest BCUT2D eigenvalue weighted by Gasteiger charge is 2.45. The van der Waals surface area contributed by atoms with Gasteiger partial charge in [0.2, 0.25) is 5.88 Å². The number of urea groups is 1. The van der Waals surface area contributed by atoms with E-state index in [4.69, 9.17) is 4.74 Å². The number of aromatic nitrogens is 4. The molecule has 2 saturated heterocycles. The van der Waals surface area contributed by atoms with Crippen molar-refractivity contribution < 1.29 is 19.0 Å². The SMILES string of the molecule is Cc1c(NC(=O)N2CC(O)(CC(C)(C)C)C2)cc(F)cc1-c1ncnc2[nH]c(-c3ccc(OCCCN4CCNCC4)nc3)cc12. The summed E-state index contributed by atoms with van der Waals surface area (Å²) in [5.74, 6) is 0.0710. The molecule has 5 heterocycles. The molecule has 2 fully saturated rings. The zero-order valence-electron chi connectivity index (χ0n) is 27.0. The van der Waals surface area contributed by atoms with E-state index >= 15 is 0 Å². The van der Waals surface area contributed by atoms with E-state index in [2.05, 4.69) is 56.2 Å². The van der Waals surface area contributed by atoms with Gasteiger partial charge in [0.1, 0.15) is 23.4 Å². The van der Waals surface area contributed by atoms with Crippen LogP contribution < -0.4 is 15.4 Å². The van der Waals surface area contributed by atoms with Crippen molar-refractivity contribution in [2.24, 2.45) is 5.41 Å². The Hall–Kier alpha value is -4.13. The predicted octanol–water partition coefficient (Wildman–Crippen LogP) is 4.82. The number of likely N-dealkylation sites (tertiary alicyclic amines) is 1. The summed E-state index contributed by atoms with van der Waals surface area (Å²) in [6.45, 7) is 14.3. The number of hydrogen-bond donors (Lipinski definition) is 4. The number of fused-ring (bicyclic) bond motifs is 1. The van der Waals surface area contributed by atoms with Crippen molar-refractivity contribution in [3.05, 3.63) is 54.2 Å². The van der Waals surface area contributed by atoms with E-state index < -0.39 is 11.4 Å². The van der Waals surface area contributed by atoms with E-state index in [1.54, 1.807) is 6.20 Å². The highest BCUT2D eigenvalue weighted by molar-refractivity contribution is 5.97. The van der Waals surface area contributed by atoms with Crippen molar-refractivity contribution in [2.45, 2.75) is 46.1 Å². The Morgan fingerprint density at radius 3 is 2.63 bits per heavy atom. The Morgan fingerprint density at radius 1 is 1.13 bits per heavy atom. The summed E-state index contributed by atoms with van der Waals surface area (Å²) < 4.78 is 20.9. The van der Waals surface area contributed by atoms with Crippen LogP contribution in [-0.4, -0.2) is 98.9 Å². The van der Waals surface area contributed by atoms with Gasteiger partial charge < -0.3 is 35.3 Å². The highest BCUT2D eigenvalue weighted by Crippen LogP contribution is 2.37. The minimum atomic E-state index is -0.913. The molecular formula is C34H43FN8O3. The molecular weight excluding hydrogens is 587 g/mol. The molecule has 2 aliphatic rings. The third kappa shape index (κ3) is 7.30. The molecule has 0 saturated carbocycles. The molecule has 0 atom stereocenters. The number of aromatic amines is 1. The molecule has 11 nitrogen and oxygen atoms in total. The maximum atomic E-state index is 15.0. The van der Waals surface area contributed by atoms with E-state index in [0.717, 1.165) is 50.4 Å². The first kappa shape index (κ1) is 31.8. The fraction of sp³-hybridized carbons (Fsp3) is 0.471. The lowest BCUT2D eigenvalue weighted by atomic mass is 9.78. The molecule has 3 aromatic heterocycles. The second-order valence-electron chi connectivity index (χ2n) is 13.7. The van der Waals surface area contributed by atoms with Crippen molar-refractivity contribution in [1.82, 2.24) is 35.1 Å². The highest BCUT2D eigenvalue weighted by atomic mass is 19.1. The first-order valence-corrected chi connectivity index (χ1v) is 15.9. The molecule has 244 valence electrons. The normalized spacial score (nSPS) is 16.8. The van der Waals surface area contributed by atoms with Gasteiger partial charge in [0.25, 0.3) is 0 Å². The fourth-order valence-corrected chi connectivity index (χ4v) is 6.49. The number of ether oxygens (including phenoxy) is 1. The summed E-state index contributed by atoms with van der Waals surface area (Å²) in [4.78, 5) is 33.8. The first-order valence-electron chi connectivity index (χ1n) is 15.9. The Morgan fingerprint density at radius 2 is 1.91 bits per heavy atom. The van der Waals surface area contributed by atoms with Crippen molar-refractivity contribution in [3.63, 3.8) is 0 Å². The number of pyridine rings is 1. The van der Waals surface area contributed by atoms with Gasteiger partial charge in [-0.15, -0.1) is 0 Å². The minimum Gasteiger partial charge on any atom is -0.478 e. The number of hydrogen-bond acceptors (Lipinski definition) is 8. The molecule has 1 aromatic carbocycles. The summed E-state index contributed by atoms with van der Waals surface area (Å²) in [7, 11) is 0. The van der Waals surface area contributed by atoms with Gasteiger partial charge >= 0.3 is 6.03 Å². The second-order valence-corrected chi connectivity index (χ2v) is 13.7. The third-order valence-corrected chi connectivity index (χ3v) is 8.54. The van der Waals surface area contributed by atoms with Crippen LogP contribution in [0.2, 0.25) is 0 Å². The number of carbonyl (C=O) groups is 1. The lowest BCUT2D eigenvalue weighted by Crippen LogP contribution is -2.65. The van der Waals surface area contributed by atoms with Gasteiger partial charge in [0, 0.05) is 72.9 Å². The van der Waals surface area contributed by atoms with Crippen LogP contribution >= 0.6 is 0 Å². The van der Waals surface area contributed by atoms with Gasteiger partial charge in [-0.05, 0) is 55.0 Å².